The lowest BCUT2D eigenvalue weighted by molar-refractivity contribution is 0.309. The Morgan fingerprint density at radius 2 is 2.14 bits per heavy atom. The van der Waals surface area contributed by atoms with Gasteiger partial charge in [0.1, 0.15) is 5.75 Å². The molecule has 114 valence electrons. The fourth-order valence-corrected chi connectivity index (χ4v) is 2.22. The fraction of sp³-hybridized carbons (Fsp3) is 0.471. The molecular weight excluding hydrogens is 262 g/mol. The molecule has 0 spiro atoms. The van der Waals surface area contributed by atoms with Crippen molar-refractivity contribution >= 4 is 0 Å². The Labute approximate surface area is 126 Å². The first kappa shape index (κ1) is 15.6. The smallest absolute Gasteiger partial charge is 0.119 e. The molecule has 0 unspecified atom stereocenters. The molecule has 0 amide bonds. The molecule has 0 aliphatic heterocycles. The Bertz CT molecular complexity index is 563. The minimum absolute atomic E-state index is 0.768. The maximum Gasteiger partial charge on any atom is 0.119 e. The van der Waals surface area contributed by atoms with Crippen LogP contribution in [0.2, 0.25) is 0 Å². The van der Waals surface area contributed by atoms with Crippen LogP contribution in [-0.4, -0.2) is 23.3 Å². The van der Waals surface area contributed by atoms with Crippen LogP contribution in [0.25, 0.3) is 11.3 Å². The van der Waals surface area contributed by atoms with Gasteiger partial charge in [-0.3, -0.25) is 5.10 Å². The maximum absolute atomic E-state index is 5.78. The lowest BCUT2D eigenvalue weighted by atomic mass is 10.1. The van der Waals surface area contributed by atoms with Crippen LogP contribution in [0.1, 0.15) is 37.9 Å². The van der Waals surface area contributed by atoms with Crippen molar-refractivity contribution in [1.29, 1.82) is 0 Å². The van der Waals surface area contributed by atoms with Crippen molar-refractivity contribution in [2.75, 3.05) is 13.2 Å². The van der Waals surface area contributed by atoms with Crippen LogP contribution in [-0.2, 0) is 6.54 Å². The molecule has 0 aliphatic carbocycles. The predicted molar refractivity (Wildman–Crippen MR) is 86.5 cm³/mol. The Morgan fingerprint density at radius 1 is 1.29 bits per heavy atom. The summed E-state index contributed by atoms with van der Waals surface area (Å²) in [4.78, 5) is 0. The van der Waals surface area contributed by atoms with Gasteiger partial charge < -0.3 is 10.1 Å². The molecule has 0 atom stereocenters. The zero-order chi connectivity index (χ0) is 15.1. The van der Waals surface area contributed by atoms with E-state index in [9.17, 15) is 0 Å². The third-order valence-electron chi connectivity index (χ3n) is 3.50. The van der Waals surface area contributed by atoms with Crippen molar-refractivity contribution < 1.29 is 4.74 Å². The van der Waals surface area contributed by atoms with Gasteiger partial charge in [0.2, 0.25) is 0 Å². The van der Waals surface area contributed by atoms with Crippen molar-refractivity contribution in [3.8, 4) is 17.0 Å². The quantitative estimate of drug-likeness (QED) is 0.728. The van der Waals surface area contributed by atoms with Crippen molar-refractivity contribution in [2.24, 2.45) is 0 Å². The number of benzene rings is 1. The normalized spacial score (nSPS) is 10.8. The van der Waals surface area contributed by atoms with E-state index in [1.807, 2.05) is 12.1 Å². The van der Waals surface area contributed by atoms with Crippen molar-refractivity contribution in [1.82, 2.24) is 15.5 Å². The van der Waals surface area contributed by atoms with Gasteiger partial charge in [-0.15, -0.1) is 0 Å². The number of ether oxygens (including phenoxy) is 1. The molecule has 1 aromatic heterocycles. The molecule has 21 heavy (non-hydrogen) atoms. The Morgan fingerprint density at radius 3 is 2.90 bits per heavy atom. The summed E-state index contributed by atoms with van der Waals surface area (Å²) in [6.45, 7) is 8.88. The van der Waals surface area contributed by atoms with Crippen LogP contribution in [0, 0.1) is 6.92 Å². The number of nitrogens with zero attached hydrogens (tertiary/aromatic N) is 1. The van der Waals surface area contributed by atoms with Crippen molar-refractivity contribution in [2.45, 2.75) is 40.2 Å². The second kappa shape index (κ2) is 7.84. The molecule has 0 radical (unpaired) electrons. The Kier molecular flexibility index (Phi) is 5.81. The second-order valence-electron chi connectivity index (χ2n) is 5.19. The number of rotatable bonds is 8. The van der Waals surface area contributed by atoms with Gasteiger partial charge in [-0.25, -0.2) is 0 Å². The van der Waals surface area contributed by atoms with Crippen LogP contribution >= 0.6 is 0 Å². The summed E-state index contributed by atoms with van der Waals surface area (Å²) in [6, 6.07) is 8.18. The SMILES string of the molecule is CCCCOc1cccc(-c2n[nH]c(C)c2CNCC)c1. The van der Waals surface area contributed by atoms with E-state index in [0.717, 1.165) is 55.2 Å². The van der Waals surface area contributed by atoms with Gasteiger partial charge in [0, 0.05) is 23.4 Å². The number of aromatic nitrogens is 2. The largest absolute Gasteiger partial charge is 0.494 e. The molecule has 4 heteroatoms. The van der Waals surface area contributed by atoms with Gasteiger partial charge in [-0.1, -0.05) is 32.4 Å². The number of unbranched alkanes of at least 4 members (excludes halogenated alkanes) is 1. The van der Waals surface area contributed by atoms with E-state index in [0.29, 0.717) is 0 Å². The molecule has 1 aromatic carbocycles. The highest BCUT2D eigenvalue weighted by Gasteiger charge is 2.12. The van der Waals surface area contributed by atoms with E-state index in [2.05, 4.69) is 48.4 Å². The number of aromatic amines is 1. The number of nitrogens with one attached hydrogen (secondary N) is 2. The van der Waals surface area contributed by atoms with Crippen LogP contribution in [0.15, 0.2) is 24.3 Å². The first-order valence-electron chi connectivity index (χ1n) is 7.74. The summed E-state index contributed by atoms with van der Waals surface area (Å²) < 4.78 is 5.78. The summed E-state index contributed by atoms with van der Waals surface area (Å²) in [5.41, 5.74) is 4.45. The second-order valence-corrected chi connectivity index (χ2v) is 5.19. The van der Waals surface area contributed by atoms with Crippen molar-refractivity contribution in [3.05, 3.63) is 35.5 Å². The monoisotopic (exact) mass is 287 g/mol. The molecule has 4 nitrogen and oxygen atoms in total. The minimum atomic E-state index is 0.768. The predicted octanol–water partition coefficient (Wildman–Crippen LogP) is 3.67. The zero-order valence-corrected chi connectivity index (χ0v) is 13.2. The Balaban J connectivity index is 2.19. The van der Waals surface area contributed by atoms with E-state index in [1.165, 1.54) is 5.56 Å². The molecule has 2 aromatic rings. The van der Waals surface area contributed by atoms with E-state index >= 15 is 0 Å². The summed E-state index contributed by atoms with van der Waals surface area (Å²) in [5, 5.41) is 10.9. The summed E-state index contributed by atoms with van der Waals surface area (Å²) >= 11 is 0. The van der Waals surface area contributed by atoms with Gasteiger partial charge in [0.25, 0.3) is 0 Å². The number of aryl methyl sites for hydroxylation is 1. The molecule has 0 aliphatic rings. The molecular formula is C17H25N3O. The van der Waals surface area contributed by atoms with E-state index in [4.69, 9.17) is 4.74 Å². The highest BCUT2D eigenvalue weighted by atomic mass is 16.5. The van der Waals surface area contributed by atoms with Crippen molar-refractivity contribution in [3.63, 3.8) is 0 Å². The average Bonchev–Trinajstić information content (AvgIpc) is 2.87. The van der Waals surface area contributed by atoms with Gasteiger partial charge in [-0.2, -0.15) is 5.10 Å². The van der Waals surface area contributed by atoms with Gasteiger partial charge in [0.15, 0.2) is 0 Å². The Hall–Kier alpha value is -1.81. The van der Waals surface area contributed by atoms with Crippen LogP contribution in [0.3, 0.4) is 0 Å². The molecule has 0 saturated heterocycles. The van der Waals surface area contributed by atoms with Crippen LogP contribution < -0.4 is 10.1 Å². The number of H-pyrrole nitrogens is 1. The lowest BCUT2D eigenvalue weighted by Crippen LogP contribution is -2.12. The van der Waals surface area contributed by atoms with Gasteiger partial charge in [-0.05, 0) is 32.0 Å². The first-order valence-corrected chi connectivity index (χ1v) is 7.74. The summed E-state index contributed by atoms with van der Waals surface area (Å²) in [6.07, 6.45) is 2.22. The average molecular weight is 287 g/mol. The highest BCUT2D eigenvalue weighted by Crippen LogP contribution is 2.27. The van der Waals surface area contributed by atoms with Crippen LogP contribution in [0.4, 0.5) is 0 Å². The van der Waals surface area contributed by atoms with E-state index < -0.39 is 0 Å². The fourth-order valence-electron chi connectivity index (χ4n) is 2.22. The topological polar surface area (TPSA) is 49.9 Å². The number of hydrogen-bond acceptors (Lipinski definition) is 3. The van der Waals surface area contributed by atoms with Gasteiger partial charge in [0.05, 0.1) is 12.3 Å². The number of hydrogen-bond donors (Lipinski definition) is 2. The molecule has 2 N–H and O–H groups in total. The molecule has 0 fully saturated rings. The van der Waals surface area contributed by atoms with E-state index in [-0.39, 0.29) is 0 Å². The third-order valence-corrected chi connectivity index (χ3v) is 3.50. The summed E-state index contributed by atoms with van der Waals surface area (Å²) in [5.74, 6) is 0.913. The summed E-state index contributed by atoms with van der Waals surface area (Å²) in [7, 11) is 0. The van der Waals surface area contributed by atoms with E-state index in [1.54, 1.807) is 0 Å². The van der Waals surface area contributed by atoms with Gasteiger partial charge >= 0.3 is 0 Å². The standard InChI is InChI=1S/C17H25N3O/c1-4-6-10-21-15-9-7-8-14(11-15)17-16(12-18-5-2)13(3)19-20-17/h7-9,11,18H,4-6,10,12H2,1-3H3,(H,19,20). The lowest BCUT2D eigenvalue weighted by Gasteiger charge is -2.08. The molecule has 0 bridgehead atoms. The minimum Gasteiger partial charge on any atom is -0.494 e. The third kappa shape index (κ3) is 4.08. The zero-order valence-electron chi connectivity index (χ0n) is 13.2. The molecule has 0 saturated carbocycles. The maximum atomic E-state index is 5.78. The van der Waals surface area contributed by atoms with Crippen LogP contribution in [0.5, 0.6) is 5.75 Å². The molecule has 1 heterocycles. The molecule has 2 rings (SSSR count). The highest BCUT2D eigenvalue weighted by molar-refractivity contribution is 5.65. The first-order chi connectivity index (χ1) is 10.3.